The maximum Gasteiger partial charge on any atom is 0.238 e. The van der Waals surface area contributed by atoms with Crippen LogP contribution in [0.15, 0.2) is 65.3 Å². The van der Waals surface area contributed by atoms with Crippen molar-refractivity contribution in [3.63, 3.8) is 0 Å². The number of halogens is 2. The zero-order valence-electron chi connectivity index (χ0n) is 16.3. The normalized spacial score (nSPS) is 12.0. The lowest BCUT2D eigenvalue weighted by Crippen LogP contribution is -2.23. The second-order valence-corrected chi connectivity index (χ2v) is 9.74. The van der Waals surface area contributed by atoms with Crippen LogP contribution in [0.4, 0.5) is 5.82 Å². The summed E-state index contributed by atoms with van der Waals surface area (Å²) < 4.78 is 1.99. The number of amides is 1. The first-order valence-electron chi connectivity index (χ1n) is 9.32. The van der Waals surface area contributed by atoms with Crippen LogP contribution in [0.2, 0.25) is 10.0 Å². The molecule has 1 aromatic carbocycles. The number of nitrogens with zero attached hydrogens (tertiary/aromatic N) is 4. The Hall–Kier alpha value is -2.39. The van der Waals surface area contributed by atoms with E-state index in [-0.39, 0.29) is 16.7 Å². The van der Waals surface area contributed by atoms with E-state index >= 15 is 0 Å². The van der Waals surface area contributed by atoms with E-state index in [0.29, 0.717) is 16.6 Å². The topological polar surface area (TPSA) is 72.7 Å². The van der Waals surface area contributed by atoms with Gasteiger partial charge in [-0.25, -0.2) is 4.98 Å². The van der Waals surface area contributed by atoms with Crippen LogP contribution in [0.1, 0.15) is 17.6 Å². The number of carbonyl (C=O) groups is 1. The van der Waals surface area contributed by atoms with Gasteiger partial charge in [-0.2, -0.15) is 0 Å². The Kier molecular flexibility index (Phi) is 6.92. The molecule has 0 saturated heterocycles. The number of hydrogen-bond donors (Lipinski definition) is 1. The van der Waals surface area contributed by atoms with Crippen molar-refractivity contribution >= 4 is 58.0 Å². The summed E-state index contributed by atoms with van der Waals surface area (Å²) in [6.07, 6.45) is 2.09. The molecule has 4 rings (SSSR count). The molecule has 0 spiro atoms. The molecule has 3 aromatic heterocycles. The third-order valence-corrected chi connectivity index (χ3v) is 6.74. The van der Waals surface area contributed by atoms with Crippen molar-refractivity contribution in [1.29, 1.82) is 0 Å². The van der Waals surface area contributed by atoms with E-state index in [4.69, 9.17) is 23.2 Å². The van der Waals surface area contributed by atoms with E-state index in [0.717, 1.165) is 11.5 Å². The van der Waals surface area contributed by atoms with Crippen molar-refractivity contribution in [3.8, 4) is 5.69 Å². The van der Waals surface area contributed by atoms with Crippen LogP contribution < -0.4 is 5.32 Å². The summed E-state index contributed by atoms with van der Waals surface area (Å²) >= 11 is 15.0. The fraction of sp³-hybridized carbons (Fsp3) is 0.143. The molecule has 31 heavy (non-hydrogen) atoms. The molecular formula is C21H17Cl2N5OS2. The standard InChI is InChI=1S/C21H17Cl2N5OS2/c1-13(20(29)25-19-17(23)10-14(22)12-24-19)31-21-27-26-18(11-16-8-5-9-30-16)28(21)15-6-3-2-4-7-15/h2-10,12-13H,11H2,1H3,(H,24,25,29)/t13-/m1/s1. The van der Waals surface area contributed by atoms with Crippen molar-refractivity contribution < 1.29 is 4.79 Å². The highest BCUT2D eigenvalue weighted by Gasteiger charge is 2.22. The van der Waals surface area contributed by atoms with Crippen LogP contribution >= 0.6 is 46.3 Å². The van der Waals surface area contributed by atoms with E-state index in [9.17, 15) is 4.79 Å². The molecule has 0 aliphatic heterocycles. The van der Waals surface area contributed by atoms with Gasteiger partial charge in [-0.1, -0.05) is 59.2 Å². The van der Waals surface area contributed by atoms with Crippen LogP contribution in [0, 0.1) is 0 Å². The minimum atomic E-state index is -0.463. The first-order valence-corrected chi connectivity index (χ1v) is 11.8. The number of benzene rings is 1. The second kappa shape index (κ2) is 9.82. The van der Waals surface area contributed by atoms with Gasteiger partial charge in [0.25, 0.3) is 0 Å². The number of rotatable bonds is 7. The zero-order valence-corrected chi connectivity index (χ0v) is 19.5. The molecule has 1 amide bonds. The lowest BCUT2D eigenvalue weighted by atomic mass is 10.3. The average molecular weight is 490 g/mol. The number of carbonyl (C=O) groups excluding carboxylic acids is 1. The van der Waals surface area contributed by atoms with Gasteiger partial charge in [0.2, 0.25) is 5.91 Å². The Morgan fingerprint density at radius 2 is 2.00 bits per heavy atom. The van der Waals surface area contributed by atoms with Crippen molar-refractivity contribution in [2.24, 2.45) is 0 Å². The highest BCUT2D eigenvalue weighted by molar-refractivity contribution is 8.00. The smallest absolute Gasteiger partial charge is 0.238 e. The molecule has 10 heteroatoms. The highest BCUT2D eigenvalue weighted by Crippen LogP contribution is 2.29. The van der Waals surface area contributed by atoms with Gasteiger partial charge in [0, 0.05) is 23.2 Å². The fourth-order valence-electron chi connectivity index (χ4n) is 2.83. The minimum Gasteiger partial charge on any atom is -0.308 e. The molecule has 0 fully saturated rings. The number of aromatic nitrogens is 4. The molecule has 4 aromatic rings. The molecule has 0 aliphatic carbocycles. The number of anilines is 1. The third-order valence-electron chi connectivity index (χ3n) is 4.33. The maximum absolute atomic E-state index is 12.7. The maximum atomic E-state index is 12.7. The van der Waals surface area contributed by atoms with Gasteiger partial charge < -0.3 is 5.32 Å². The Morgan fingerprint density at radius 3 is 2.71 bits per heavy atom. The summed E-state index contributed by atoms with van der Waals surface area (Å²) in [5.74, 6) is 0.835. The van der Waals surface area contributed by atoms with Crippen molar-refractivity contribution in [1.82, 2.24) is 19.7 Å². The Bertz CT molecular complexity index is 1180. The fourth-order valence-corrected chi connectivity index (χ4v) is 4.85. The Labute approximate surface area is 197 Å². The molecule has 6 nitrogen and oxygen atoms in total. The van der Waals surface area contributed by atoms with E-state index in [1.807, 2.05) is 46.3 Å². The molecule has 0 radical (unpaired) electrons. The quantitative estimate of drug-likeness (QED) is 0.335. The van der Waals surface area contributed by atoms with Crippen LogP contribution in [-0.2, 0) is 11.2 Å². The number of thioether (sulfide) groups is 1. The van der Waals surface area contributed by atoms with Gasteiger partial charge in [-0.3, -0.25) is 9.36 Å². The van der Waals surface area contributed by atoms with Gasteiger partial charge in [-0.15, -0.1) is 21.5 Å². The van der Waals surface area contributed by atoms with E-state index in [1.54, 1.807) is 18.3 Å². The number of thiophene rings is 1. The molecule has 3 heterocycles. The van der Waals surface area contributed by atoms with Crippen LogP contribution in [0.25, 0.3) is 5.69 Å². The first-order chi connectivity index (χ1) is 15.0. The van der Waals surface area contributed by atoms with Crippen LogP contribution in [0.5, 0.6) is 0 Å². The molecule has 0 saturated carbocycles. The number of nitrogens with one attached hydrogen (secondary N) is 1. The summed E-state index contributed by atoms with van der Waals surface area (Å²) in [5.41, 5.74) is 0.941. The zero-order chi connectivity index (χ0) is 21.8. The van der Waals surface area contributed by atoms with E-state index in [2.05, 4.69) is 26.6 Å². The van der Waals surface area contributed by atoms with Gasteiger partial charge in [-0.05, 0) is 36.6 Å². The lowest BCUT2D eigenvalue weighted by Gasteiger charge is -2.14. The summed E-state index contributed by atoms with van der Waals surface area (Å²) in [6, 6.07) is 15.5. The molecule has 158 valence electrons. The van der Waals surface area contributed by atoms with Gasteiger partial charge >= 0.3 is 0 Å². The van der Waals surface area contributed by atoms with E-state index < -0.39 is 5.25 Å². The summed E-state index contributed by atoms with van der Waals surface area (Å²) in [4.78, 5) is 18.0. The highest BCUT2D eigenvalue weighted by atomic mass is 35.5. The Balaban J connectivity index is 1.57. The molecule has 1 atom stereocenters. The van der Waals surface area contributed by atoms with Crippen molar-refractivity contribution in [2.75, 3.05) is 5.32 Å². The van der Waals surface area contributed by atoms with Crippen molar-refractivity contribution in [3.05, 3.63) is 80.9 Å². The van der Waals surface area contributed by atoms with Crippen LogP contribution in [-0.4, -0.2) is 30.9 Å². The minimum absolute atomic E-state index is 0.246. The van der Waals surface area contributed by atoms with Gasteiger partial charge in [0.15, 0.2) is 11.0 Å². The van der Waals surface area contributed by atoms with Gasteiger partial charge in [0.05, 0.1) is 15.3 Å². The summed E-state index contributed by atoms with van der Waals surface area (Å²) in [6.45, 7) is 1.80. The summed E-state index contributed by atoms with van der Waals surface area (Å²) in [7, 11) is 0. The second-order valence-electron chi connectivity index (χ2n) is 6.56. The van der Waals surface area contributed by atoms with Crippen molar-refractivity contribution in [2.45, 2.75) is 23.8 Å². The lowest BCUT2D eigenvalue weighted by molar-refractivity contribution is -0.115. The molecule has 0 aliphatic rings. The number of para-hydroxylation sites is 1. The molecule has 0 bridgehead atoms. The monoisotopic (exact) mass is 489 g/mol. The largest absolute Gasteiger partial charge is 0.308 e. The average Bonchev–Trinajstić information content (AvgIpc) is 3.41. The van der Waals surface area contributed by atoms with Crippen LogP contribution in [0.3, 0.4) is 0 Å². The molecular weight excluding hydrogens is 473 g/mol. The first kappa shape index (κ1) is 21.8. The third kappa shape index (κ3) is 5.27. The summed E-state index contributed by atoms with van der Waals surface area (Å²) in [5, 5.41) is 14.4. The molecule has 1 N–H and O–H groups in total. The number of hydrogen-bond acceptors (Lipinski definition) is 6. The predicted molar refractivity (Wildman–Crippen MR) is 127 cm³/mol. The SMILES string of the molecule is C[C@@H](Sc1nnc(Cc2cccs2)n1-c1ccccc1)C(=O)Nc1ncc(Cl)cc1Cl. The molecule has 0 unspecified atom stereocenters. The number of pyridine rings is 1. The predicted octanol–water partition coefficient (Wildman–Crippen LogP) is 5.74. The van der Waals surface area contributed by atoms with E-state index in [1.165, 1.54) is 28.9 Å². The Morgan fingerprint density at radius 1 is 1.19 bits per heavy atom. The van der Waals surface area contributed by atoms with Gasteiger partial charge in [0.1, 0.15) is 5.82 Å².